The van der Waals surface area contributed by atoms with E-state index in [0.717, 1.165) is 12.0 Å². The molecule has 1 aromatic heterocycles. The molecule has 0 bridgehead atoms. The van der Waals surface area contributed by atoms with Crippen LogP contribution in [-0.4, -0.2) is 0 Å². The molecule has 0 spiro atoms. The van der Waals surface area contributed by atoms with Crippen LogP contribution in [0.15, 0.2) is 41.9 Å². The summed E-state index contributed by atoms with van der Waals surface area (Å²) in [6.07, 6.45) is 11.3. The Labute approximate surface area is 148 Å². The van der Waals surface area contributed by atoms with Crippen molar-refractivity contribution >= 4 is 7.53 Å². The van der Waals surface area contributed by atoms with Gasteiger partial charge < -0.3 is 0 Å². The first kappa shape index (κ1) is 17.3. The average Bonchev–Trinajstić information content (AvgIpc) is 2.64. The van der Waals surface area contributed by atoms with Gasteiger partial charge in [-0.1, -0.05) is 37.3 Å². The van der Waals surface area contributed by atoms with Crippen LogP contribution in [0.5, 0.6) is 0 Å². The zero-order chi connectivity index (χ0) is 16.6. The van der Waals surface area contributed by atoms with Crippen LogP contribution < -0.4 is 0 Å². The molecule has 0 saturated carbocycles. The van der Waals surface area contributed by atoms with Crippen LogP contribution in [0, 0.1) is 11.8 Å². The lowest BCUT2D eigenvalue weighted by molar-refractivity contribution is 0.687. The van der Waals surface area contributed by atoms with E-state index >= 15 is 0 Å². The number of hydrogen-bond donors (Lipinski definition) is 0. The first-order valence-corrected chi connectivity index (χ1v) is 11.1. The minimum atomic E-state index is -0.0739. The normalized spacial score (nSPS) is 13.8. The number of fused-ring (bicyclic) bond motifs is 1. The second kappa shape index (κ2) is 9.05. The predicted octanol–water partition coefficient (Wildman–Crippen LogP) is 6.62. The lowest BCUT2D eigenvalue weighted by Gasteiger charge is -2.12. The van der Waals surface area contributed by atoms with Crippen molar-refractivity contribution in [3.63, 3.8) is 0 Å². The first-order valence-electron chi connectivity index (χ1n) is 9.44. The number of aryl methyl sites for hydroxylation is 4. The standard InChI is InChI=1S/C23H28P/c1-2-3-8-20-12-14-21(15-13-20)9-6-7-17-24-18-16-22-10-4-5-11-23(22)19-24/h12-16,18-19H,2-5,7-8,10-11,17H2,1H3/q+1. The highest BCUT2D eigenvalue weighted by atomic mass is 31.1. The number of unbranched alkanes of at least 4 members (excludes halogenated alkanes) is 1. The quantitative estimate of drug-likeness (QED) is 0.539. The SMILES string of the molecule is CCCCc1ccc(C#CCC[p+]2ccc3c(c2)CCCC3)cc1. The van der Waals surface area contributed by atoms with E-state index in [1.165, 1.54) is 56.7 Å². The third kappa shape index (κ3) is 4.96. The smallest absolute Gasteiger partial charge is 0.0936 e. The molecule has 0 radical (unpaired) electrons. The summed E-state index contributed by atoms with van der Waals surface area (Å²) in [5.74, 6) is 11.7. The maximum absolute atomic E-state index is 3.38. The van der Waals surface area contributed by atoms with Crippen molar-refractivity contribution in [1.82, 2.24) is 0 Å². The summed E-state index contributed by atoms with van der Waals surface area (Å²) in [5, 5.41) is 0. The summed E-state index contributed by atoms with van der Waals surface area (Å²) in [6, 6.07) is 11.2. The van der Waals surface area contributed by atoms with Crippen LogP contribution in [0.1, 0.15) is 61.3 Å². The fourth-order valence-corrected chi connectivity index (χ4v) is 5.14. The molecule has 1 heteroatoms. The predicted molar refractivity (Wildman–Crippen MR) is 107 cm³/mol. The van der Waals surface area contributed by atoms with Gasteiger partial charge in [-0.3, -0.25) is 0 Å². The zero-order valence-electron chi connectivity index (χ0n) is 14.9. The van der Waals surface area contributed by atoms with Crippen LogP contribution in [0.25, 0.3) is 0 Å². The van der Waals surface area contributed by atoms with Gasteiger partial charge in [0.25, 0.3) is 0 Å². The van der Waals surface area contributed by atoms with Gasteiger partial charge in [0.2, 0.25) is 0 Å². The Morgan fingerprint density at radius 2 is 1.79 bits per heavy atom. The molecule has 0 saturated heterocycles. The number of benzene rings is 1. The molecule has 1 heterocycles. The van der Waals surface area contributed by atoms with E-state index in [9.17, 15) is 0 Å². The Kier molecular flexibility index (Phi) is 6.51. The monoisotopic (exact) mass is 335 g/mol. The number of rotatable bonds is 5. The zero-order valence-corrected chi connectivity index (χ0v) is 15.7. The van der Waals surface area contributed by atoms with Gasteiger partial charge in [0.15, 0.2) is 0 Å². The first-order chi connectivity index (χ1) is 11.8. The summed E-state index contributed by atoms with van der Waals surface area (Å²) in [4.78, 5) is 0. The molecule has 2 aromatic rings. The minimum Gasteiger partial charge on any atom is -0.0936 e. The Balaban J connectivity index is 1.52. The van der Waals surface area contributed by atoms with Gasteiger partial charge >= 0.3 is 0 Å². The van der Waals surface area contributed by atoms with Crippen molar-refractivity contribution < 1.29 is 0 Å². The van der Waals surface area contributed by atoms with Crippen LogP contribution >= 0.6 is 7.53 Å². The van der Waals surface area contributed by atoms with Crippen molar-refractivity contribution in [2.24, 2.45) is 0 Å². The molecule has 0 N–H and O–H groups in total. The molecule has 0 fully saturated rings. The maximum Gasteiger partial charge on any atom is 0.125 e. The molecule has 0 amide bonds. The van der Waals surface area contributed by atoms with Gasteiger partial charge in [-0.05, 0) is 73.4 Å². The van der Waals surface area contributed by atoms with Crippen molar-refractivity contribution in [3.05, 3.63) is 64.2 Å². The van der Waals surface area contributed by atoms with Crippen LogP contribution in [0.4, 0.5) is 0 Å². The van der Waals surface area contributed by atoms with E-state index in [1.54, 1.807) is 11.1 Å². The van der Waals surface area contributed by atoms with Gasteiger partial charge in [0, 0.05) is 5.56 Å². The molecule has 1 aliphatic rings. The molecule has 0 nitrogen and oxygen atoms in total. The van der Waals surface area contributed by atoms with Gasteiger partial charge in [-0.2, -0.15) is 0 Å². The fourth-order valence-electron chi connectivity index (χ4n) is 3.34. The fraction of sp³-hybridized carbons (Fsp3) is 0.435. The molecule has 1 unspecified atom stereocenters. The minimum absolute atomic E-state index is 0.0739. The van der Waals surface area contributed by atoms with E-state index in [1.807, 2.05) is 0 Å². The topological polar surface area (TPSA) is 0 Å². The second-order valence-corrected chi connectivity index (χ2v) is 8.82. The van der Waals surface area contributed by atoms with Gasteiger partial charge in [-0.15, -0.1) is 0 Å². The van der Waals surface area contributed by atoms with Crippen molar-refractivity contribution in [1.29, 1.82) is 0 Å². The molecule has 0 aliphatic heterocycles. The van der Waals surface area contributed by atoms with E-state index in [-0.39, 0.29) is 7.53 Å². The summed E-state index contributed by atoms with van der Waals surface area (Å²) in [6.45, 7) is 2.24. The van der Waals surface area contributed by atoms with Crippen LogP contribution in [-0.2, 0) is 25.4 Å². The lowest BCUT2D eigenvalue weighted by atomic mass is 9.95. The maximum atomic E-state index is 3.38. The molecular formula is C23H28P+. The Morgan fingerprint density at radius 1 is 1.00 bits per heavy atom. The largest absolute Gasteiger partial charge is 0.125 e. The lowest BCUT2D eigenvalue weighted by Crippen LogP contribution is -2.00. The molecule has 1 aliphatic carbocycles. The van der Waals surface area contributed by atoms with Crippen molar-refractivity contribution in [2.75, 3.05) is 0 Å². The molecule has 3 rings (SSSR count). The molecule has 124 valence electrons. The third-order valence-corrected chi connectivity index (χ3v) is 6.76. The summed E-state index contributed by atoms with van der Waals surface area (Å²) in [7, 11) is -0.0739. The average molecular weight is 335 g/mol. The summed E-state index contributed by atoms with van der Waals surface area (Å²) in [5.41, 5.74) is 5.84. The highest BCUT2D eigenvalue weighted by Gasteiger charge is 2.14. The van der Waals surface area contributed by atoms with Crippen LogP contribution in [0.2, 0.25) is 0 Å². The molecule has 1 aromatic carbocycles. The van der Waals surface area contributed by atoms with E-state index < -0.39 is 0 Å². The van der Waals surface area contributed by atoms with Crippen LogP contribution in [0.3, 0.4) is 0 Å². The summed E-state index contributed by atoms with van der Waals surface area (Å²) < 4.78 is 0. The van der Waals surface area contributed by atoms with E-state index in [4.69, 9.17) is 0 Å². The van der Waals surface area contributed by atoms with Gasteiger partial charge in [-0.25, -0.2) is 0 Å². The third-order valence-electron chi connectivity index (χ3n) is 4.84. The highest BCUT2D eigenvalue weighted by molar-refractivity contribution is 7.47. The van der Waals surface area contributed by atoms with Crippen molar-refractivity contribution in [3.8, 4) is 11.8 Å². The number of hydrogen-bond acceptors (Lipinski definition) is 0. The highest BCUT2D eigenvalue weighted by Crippen LogP contribution is 2.34. The Hall–Kier alpha value is -1.57. The second-order valence-electron chi connectivity index (χ2n) is 6.79. The molecule has 24 heavy (non-hydrogen) atoms. The van der Waals surface area contributed by atoms with Crippen molar-refractivity contribution in [2.45, 2.75) is 64.5 Å². The summed E-state index contributed by atoms with van der Waals surface area (Å²) >= 11 is 0. The van der Waals surface area contributed by atoms with Gasteiger partial charge in [0.05, 0.1) is 6.42 Å². The van der Waals surface area contributed by atoms with E-state index in [0.29, 0.717) is 0 Å². The molecular weight excluding hydrogens is 307 g/mol. The molecule has 1 atom stereocenters. The van der Waals surface area contributed by atoms with Gasteiger partial charge in [0.1, 0.15) is 25.3 Å². The Morgan fingerprint density at radius 3 is 2.58 bits per heavy atom. The van der Waals surface area contributed by atoms with E-state index in [2.05, 4.69) is 60.7 Å². The Bertz CT molecular complexity index is 716.